The van der Waals surface area contributed by atoms with Crippen molar-refractivity contribution in [2.24, 2.45) is 5.41 Å². The van der Waals surface area contributed by atoms with E-state index in [1.807, 2.05) is 0 Å². The Kier molecular flexibility index (Phi) is 4.65. The van der Waals surface area contributed by atoms with Crippen molar-refractivity contribution in [3.8, 4) is 0 Å². The highest BCUT2D eigenvalue weighted by Crippen LogP contribution is 2.43. The predicted molar refractivity (Wildman–Crippen MR) is 71.4 cm³/mol. The number of carbonyl (C=O) groups is 2. The minimum absolute atomic E-state index is 0.00837. The third-order valence-electron chi connectivity index (χ3n) is 4.14. The maximum atomic E-state index is 12.1. The Morgan fingerprint density at radius 1 is 1.45 bits per heavy atom. The number of likely N-dealkylation sites (tertiary alicyclic amines) is 1. The number of carbonyl (C=O) groups excluding carboxylic acids is 1. The number of carboxylic acid groups (broad SMARTS) is 1. The van der Waals surface area contributed by atoms with Gasteiger partial charge in [-0.15, -0.1) is 0 Å². The van der Waals surface area contributed by atoms with Crippen molar-refractivity contribution in [3.63, 3.8) is 0 Å². The Balaban J connectivity index is 2.07. The van der Waals surface area contributed by atoms with Gasteiger partial charge in [0.1, 0.15) is 6.61 Å². The summed E-state index contributed by atoms with van der Waals surface area (Å²) in [6, 6.07) is -0.289. The molecule has 0 radical (unpaired) electrons. The number of aliphatic carboxylic acids is 1. The molecule has 1 atom stereocenters. The van der Waals surface area contributed by atoms with Crippen LogP contribution in [0, 0.1) is 5.41 Å². The second kappa shape index (κ2) is 6.26. The van der Waals surface area contributed by atoms with Gasteiger partial charge in [-0.25, -0.2) is 4.79 Å². The van der Waals surface area contributed by atoms with Crippen molar-refractivity contribution in [1.29, 1.82) is 0 Å². The van der Waals surface area contributed by atoms with Crippen molar-refractivity contribution >= 4 is 12.1 Å². The molecule has 112 valence electrons. The minimum Gasteiger partial charge on any atom is -0.481 e. The van der Waals surface area contributed by atoms with Gasteiger partial charge in [0.2, 0.25) is 0 Å². The van der Waals surface area contributed by atoms with Gasteiger partial charge in [-0.3, -0.25) is 4.79 Å². The number of hydrogen-bond donors (Lipinski definition) is 1. The molecule has 6 heteroatoms. The smallest absolute Gasteiger partial charge is 0.410 e. The minimum atomic E-state index is -0.888. The number of amides is 1. The molecule has 0 aliphatic carbocycles. The molecular weight excluding hydrogens is 262 g/mol. The van der Waals surface area contributed by atoms with E-state index >= 15 is 0 Å². The Morgan fingerprint density at radius 3 is 2.75 bits per heavy atom. The van der Waals surface area contributed by atoms with E-state index in [9.17, 15) is 9.59 Å². The molecule has 2 heterocycles. The molecular formula is C14H21NO5. The van der Waals surface area contributed by atoms with Crippen LogP contribution in [0.4, 0.5) is 4.79 Å². The van der Waals surface area contributed by atoms with Crippen LogP contribution < -0.4 is 0 Å². The standard InChI is InChI=1S/C14H21NO5/c1-2-5-20-13(18)15-10-14(3-6-19-7-4-14)9-11(15)8-12(16)17/h2,11H,1,3-10H2,(H,16,17). The van der Waals surface area contributed by atoms with E-state index in [2.05, 4.69) is 6.58 Å². The van der Waals surface area contributed by atoms with E-state index in [-0.39, 0.29) is 24.5 Å². The van der Waals surface area contributed by atoms with Crippen LogP contribution in [0.2, 0.25) is 0 Å². The van der Waals surface area contributed by atoms with Crippen LogP contribution >= 0.6 is 0 Å². The maximum Gasteiger partial charge on any atom is 0.410 e. The lowest BCUT2D eigenvalue weighted by atomic mass is 9.78. The fraction of sp³-hybridized carbons (Fsp3) is 0.714. The van der Waals surface area contributed by atoms with Gasteiger partial charge in [0.15, 0.2) is 0 Å². The summed E-state index contributed by atoms with van der Waals surface area (Å²) in [5, 5.41) is 9.02. The summed E-state index contributed by atoms with van der Waals surface area (Å²) in [5.41, 5.74) is -0.00837. The third kappa shape index (κ3) is 3.30. The Hall–Kier alpha value is -1.56. The first-order valence-electron chi connectivity index (χ1n) is 6.90. The van der Waals surface area contributed by atoms with Gasteiger partial charge in [-0.1, -0.05) is 12.7 Å². The molecule has 1 spiro atoms. The van der Waals surface area contributed by atoms with Gasteiger partial charge >= 0.3 is 12.1 Å². The molecule has 6 nitrogen and oxygen atoms in total. The maximum absolute atomic E-state index is 12.1. The lowest BCUT2D eigenvalue weighted by Crippen LogP contribution is -2.39. The zero-order valence-electron chi connectivity index (χ0n) is 11.5. The summed E-state index contributed by atoms with van der Waals surface area (Å²) in [6.07, 6.45) is 3.48. The highest BCUT2D eigenvalue weighted by Gasteiger charge is 2.47. The van der Waals surface area contributed by atoms with Crippen LogP contribution in [-0.4, -0.2) is 54.5 Å². The molecule has 0 aromatic heterocycles. The summed E-state index contributed by atoms with van der Waals surface area (Å²) in [7, 11) is 0. The first-order chi connectivity index (χ1) is 9.56. The van der Waals surface area contributed by atoms with Gasteiger partial charge in [-0.2, -0.15) is 0 Å². The monoisotopic (exact) mass is 283 g/mol. The normalized spacial score (nSPS) is 24.6. The molecule has 2 saturated heterocycles. The first-order valence-corrected chi connectivity index (χ1v) is 6.90. The predicted octanol–water partition coefficient (Wildman–Crippen LogP) is 1.65. The second-order valence-corrected chi connectivity index (χ2v) is 5.56. The van der Waals surface area contributed by atoms with E-state index in [4.69, 9.17) is 14.6 Å². The molecule has 20 heavy (non-hydrogen) atoms. The number of hydrogen-bond acceptors (Lipinski definition) is 4. The molecule has 0 aromatic rings. The molecule has 1 unspecified atom stereocenters. The summed E-state index contributed by atoms with van der Waals surface area (Å²) in [5.74, 6) is -0.888. The molecule has 1 N–H and O–H groups in total. The highest BCUT2D eigenvalue weighted by atomic mass is 16.6. The van der Waals surface area contributed by atoms with Crippen molar-refractivity contribution in [2.75, 3.05) is 26.4 Å². The largest absolute Gasteiger partial charge is 0.481 e. The Labute approximate surface area is 118 Å². The van der Waals surface area contributed by atoms with E-state index in [1.165, 1.54) is 6.08 Å². The summed E-state index contributed by atoms with van der Waals surface area (Å²) in [6.45, 7) is 5.56. The van der Waals surface area contributed by atoms with Gasteiger partial charge < -0.3 is 19.5 Å². The Morgan fingerprint density at radius 2 is 2.15 bits per heavy atom. The van der Waals surface area contributed by atoms with Gasteiger partial charge in [0.05, 0.1) is 6.42 Å². The molecule has 2 aliphatic rings. The van der Waals surface area contributed by atoms with Crippen molar-refractivity contribution in [2.45, 2.75) is 31.7 Å². The summed E-state index contributed by atoms with van der Waals surface area (Å²) in [4.78, 5) is 24.6. The van der Waals surface area contributed by atoms with Crippen LogP contribution in [0.5, 0.6) is 0 Å². The number of ether oxygens (including phenoxy) is 2. The first kappa shape index (κ1) is 14.8. The SMILES string of the molecule is C=CCOC(=O)N1CC2(CCOCC2)CC1CC(=O)O. The van der Waals surface area contributed by atoms with Crippen LogP contribution in [0.3, 0.4) is 0 Å². The quantitative estimate of drug-likeness (QED) is 0.794. The zero-order valence-corrected chi connectivity index (χ0v) is 11.5. The van der Waals surface area contributed by atoms with Crippen LogP contribution in [-0.2, 0) is 14.3 Å². The molecule has 2 rings (SSSR count). The molecule has 0 bridgehead atoms. The van der Waals surface area contributed by atoms with Crippen LogP contribution in [0.25, 0.3) is 0 Å². The van der Waals surface area contributed by atoms with Gasteiger partial charge in [0, 0.05) is 25.8 Å². The molecule has 2 aliphatic heterocycles. The van der Waals surface area contributed by atoms with Crippen LogP contribution in [0.1, 0.15) is 25.7 Å². The topological polar surface area (TPSA) is 76.1 Å². The van der Waals surface area contributed by atoms with Crippen LogP contribution in [0.15, 0.2) is 12.7 Å². The fourth-order valence-corrected chi connectivity index (χ4v) is 3.14. The van der Waals surface area contributed by atoms with E-state index in [1.54, 1.807) is 4.90 Å². The zero-order chi connectivity index (χ0) is 14.6. The van der Waals surface area contributed by atoms with Gasteiger partial charge in [0.25, 0.3) is 0 Å². The van der Waals surface area contributed by atoms with E-state index in [0.29, 0.717) is 26.2 Å². The number of nitrogens with zero attached hydrogens (tertiary/aromatic N) is 1. The number of rotatable bonds is 4. The summed E-state index contributed by atoms with van der Waals surface area (Å²) < 4.78 is 10.4. The number of carboxylic acids is 1. The van der Waals surface area contributed by atoms with Crippen molar-refractivity contribution < 1.29 is 24.2 Å². The highest BCUT2D eigenvalue weighted by molar-refractivity contribution is 5.72. The van der Waals surface area contributed by atoms with Crippen molar-refractivity contribution in [1.82, 2.24) is 4.90 Å². The average molecular weight is 283 g/mol. The molecule has 0 saturated carbocycles. The molecule has 2 fully saturated rings. The average Bonchev–Trinajstić information content (AvgIpc) is 2.74. The lowest BCUT2D eigenvalue weighted by Gasteiger charge is -2.32. The fourth-order valence-electron chi connectivity index (χ4n) is 3.14. The lowest BCUT2D eigenvalue weighted by molar-refractivity contribution is -0.138. The summed E-state index contributed by atoms with van der Waals surface area (Å²) >= 11 is 0. The Bertz CT molecular complexity index is 389. The van der Waals surface area contributed by atoms with E-state index < -0.39 is 12.1 Å². The van der Waals surface area contributed by atoms with Crippen molar-refractivity contribution in [3.05, 3.63) is 12.7 Å². The molecule has 0 aromatic carbocycles. The van der Waals surface area contributed by atoms with Gasteiger partial charge in [-0.05, 0) is 24.7 Å². The third-order valence-corrected chi connectivity index (χ3v) is 4.14. The van der Waals surface area contributed by atoms with E-state index in [0.717, 1.165) is 12.8 Å². The second-order valence-electron chi connectivity index (χ2n) is 5.56. The molecule has 1 amide bonds.